The Bertz CT molecular complexity index is 700. The number of ether oxygens (including phenoxy) is 1. The molecule has 2 unspecified atom stereocenters. The molecule has 3 nitrogen and oxygen atoms in total. The van der Waals surface area contributed by atoms with E-state index in [0.717, 1.165) is 70.1 Å². The van der Waals surface area contributed by atoms with Crippen LogP contribution in [0.25, 0.3) is 0 Å². The normalized spacial score (nSPS) is 26.1. The van der Waals surface area contributed by atoms with Crippen LogP contribution in [0.15, 0.2) is 24.3 Å². The molecular formula is C29H44O3. The van der Waals surface area contributed by atoms with Crippen LogP contribution < -0.4 is 4.74 Å². The molecule has 1 aromatic carbocycles. The second-order valence-electron chi connectivity index (χ2n) is 10.3. The third kappa shape index (κ3) is 7.46. The summed E-state index contributed by atoms with van der Waals surface area (Å²) in [5.74, 6) is 2.71. The first-order chi connectivity index (χ1) is 15.6. The molecule has 2 atom stereocenters. The van der Waals surface area contributed by atoms with Gasteiger partial charge in [0.05, 0.1) is 12.5 Å². The van der Waals surface area contributed by atoms with Gasteiger partial charge in [0.25, 0.3) is 0 Å². The molecule has 0 aliphatic heterocycles. The summed E-state index contributed by atoms with van der Waals surface area (Å²) in [5.41, 5.74) is 1.40. The second-order valence-corrected chi connectivity index (χ2v) is 10.3. The number of Topliss-reactive ketones (excluding diaryl/α,β-unsaturated/α-hetero) is 2. The SMILES string of the molecule is CCCCCC1CCC(C(=O)CC2CCC(c3ccc(OCCCC)cc3)CC2)C(=O)C1. The van der Waals surface area contributed by atoms with Crippen molar-refractivity contribution in [3.63, 3.8) is 0 Å². The molecule has 0 saturated heterocycles. The lowest BCUT2D eigenvalue weighted by Crippen LogP contribution is -2.32. The van der Waals surface area contributed by atoms with Gasteiger partial charge in [-0.15, -0.1) is 0 Å². The van der Waals surface area contributed by atoms with Crippen molar-refractivity contribution < 1.29 is 14.3 Å². The van der Waals surface area contributed by atoms with Crippen molar-refractivity contribution in [1.82, 2.24) is 0 Å². The van der Waals surface area contributed by atoms with E-state index in [-0.39, 0.29) is 17.5 Å². The minimum Gasteiger partial charge on any atom is -0.494 e. The van der Waals surface area contributed by atoms with Gasteiger partial charge in [-0.05, 0) is 80.4 Å². The molecule has 0 spiro atoms. The van der Waals surface area contributed by atoms with Crippen molar-refractivity contribution in [3.8, 4) is 5.75 Å². The van der Waals surface area contributed by atoms with Gasteiger partial charge in [0.2, 0.25) is 0 Å². The summed E-state index contributed by atoms with van der Waals surface area (Å²) in [7, 11) is 0. The fourth-order valence-corrected chi connectivity index (χ4v) is 5.66. The standard InChI is InChI=1S/C29H44O3/c1-3-5-7-8-22-11-18-27(28(30)20-22)29(31)21-23-9-12-24(13-10-23)25-14-16-26(17-15-25)32-19-6-4-2/h14-17,22-24,27H,3-13,18-21H2,1-2H3. The topological polar surface area (TPSA) is 43.4 Å². The van der Waals surface area contributed by atoms with Gasteiger partial charge in [0, 0.05) is 12.8 Å². The minimum atomic E-state index is -0.296. The Morgan fingerprint density at radius 2 is 1.56 bits per heavy atom. The summed E-state index contributed by atoms with van der Waals surface area (Å²) in [4.78, 5) is 25.5. The Morgan fingerprint density at radius 3 is 2.22 bits per heavy atom. The molecule has 3 heteroatoms. The van der Waals surface area contributed by atoms with Gasteiger partial charge >= 0.3 is 0 Å². The zero-order chi connectivity index (χ0) is 22.8. The van der Waals surface area contributed by atoms with E-state index in [4.69, 9.17) is 4.74 Å². The highest BCUT2D eigenvalue weighted by Crippen LogP contribution is 2.39. The Labute approximate surface area is 195 Å². The van der Waals surface area contributed by atoms with Crippen LogP contribution in [-0.4, -0.2) is 18.2 Å². The molecule has 2 aliphatic carbocycles. The number of ketones is 2. The predicted molar refractivity (Wildman–Crippen MR) is 131 cm³/mol. The molecular weight excluding hydrogens is 396 g/mol. The molecule has 0 bridgehead atoms. The lowest BCUT2D eigenvalue weighted by atomic mass is 9.73. The van der Waals surface area contributed by atoms with Gasteiger partial charge in [0.15, 0.2) is 0 Å². The molecule has 2 aliphatic rings. The first-order valence-corrected chi connectivity index (χ1v) is 13.4. The third-order valence-electron chi connectivity index (χ3n) is 7.80. The fourth-order valence-electron chi connectivity index (χ4n) is 5.66. The van der Waals surface area contributed by atoms with Crippen molar-refractivity contribution >= 4 is 11.6 Å². The average Bonchev–Trinajstić information content (AvgIpc) is 2.80. The summed E-state index contributed by atoms with van der Waals surface area (Å²) in [6.07, 6.45) is 14.7. The van der Waals surface area contributed by atoms with Gasteiger partial charge in [-0.3, -0.25) is 9.59 Å². The molecule has 0 amide bonds. The van der Waals surface area contributed by atoms with Crippen LogP contribution in [0.3, 0.4) is 0 Å². The van der Waals surface area contributed by atoms with E-state index in [1.54, 1.807) is 0 Å². The number of hydrogen-bond donors (Lipinski definition) is 0. The number of benzene rings is 1. The quantitative estimate of drug-likeness (QED) is 0.247. The summed E-state index contributed by atoms with van der Waals surface area (Å²) in [5, 5.41) is 0. The van der Waals surface area contributed by atoms with Crippen LogP contribution in [0, 0.1) is 17.8 Å². The molecule has 2 fully saturated rings. The highest BCUT2D eigenvalue weighted by Gasteiger charge is 2.34. The monoisotopic (exact) mass is 440 g/mol. The molecule has 2 saturated carbocycles. The van der Waals surface area contributed by atoms with Gasteiger partial charge in [-0.25, -0.2) is 0 Å². The molecule has 0 heterocycles. The van der Waals surface area contributed by atoms with Crippen LogP contribution in [0.2, 0.25) is 0 Å². The van der Waals surface area contributed by atoms with E-state index in [0.29, 0.717) is 30.6 Å². The first-order valence-electron chi connectivity index (χ1n) is 13.4. The molecule has 0 radical (unpaired) electrons. The fraction of sp³-hybridized carbons (Fsp3) is 0.724. The number of carbonyl (C=O) groups is 2. The molecule has 0 N–H and O–H groups in total. The Kier molecular flexibility index (Phi) is 10.3. The molecule has 178 valence electrons. The van der Waals surface area contributed by atoms with Crippen LogP contribution in [0.4, 0.5) is 0 Å². The maximum absolute atomic E-state index is 12.9. The highest BCUT2D eigenvalue weighted by atomic mass is 16.5. The zero-order valence-electron chi connectivity index (χ0n) is 20.5. The Morgan fingerprint density at radius 1 is 0.875 bits per heavy atom. The first kappa shape index (κ1) is 25.0. The van der Waals surface area contributed by atoms with Crippen molar-refractivity contribution in [2.75, 3.05) is 6.61 Å². The van der Waals surface area contributed by atoms with Gasteiger partial charge in [-0.2, -0.15) is 0 Å². The van der Waals surface area contributed by atoms with Crippen molar-refractivity contribution in [1.29, 1.82) is 0 Å². The van der Waals surface area contributed by atoms with Crippen LogP contribution in [-0.2, 0) is 9.59 Å². The van der Waals surface area contributed by atoms with Crippen LogP contribution >= 0.6 is 0 Å². The summed E-state index contributed by atoms with van der Waals surface area (Å²) < 4.78 is 5.78. The van der Waals surface area contributed by atoms with Gasteiger partial charge < -0.3 is 4.74 Å². The van der Waals surface area contributed by atoms with E-state index in [2.05, 4.69) is 38.1 Å². The molecule has 3 rings (SSSR count). The van der Waals surface area contributed by atoms with E-state index < -0.39 is 0 Å². The average molecular weight is 441 g/mol. The Balaban J connectivity index is 1.39. The number of unbranched alkanes of at least 4 members (excludes halogenated alkanes) is 3. The Hall–Kier alpha value is -1.64. The third-order valence-corrected chi connectivity index (χ3v) is 7.80. The predicted octanol–water partition coefficient (Wildman–Crippen LogP) is 7.66. The zero-order valence-corrected chi connectivity index (χ0v) is 20.5. The number of rotatable bonds is 12. The largest absolute Gasteiger partial charge is 0.494 e. The lowest BCUT2D eigenvalue weighted by molar-refractivity contribution is -0.136. The van der Waals surface area contributed by atoms with Crippen molar-refractivity contribution in [2.24, 2.45) is 17.8 Å². The maximum Gasteiger partial charge on any atom is 0.143 e. The number of hydrogen-bond acceptors (Lipinski definition) is 3. The number of carbonyl (C=O) groups excluding carboxylic acids is 2. The van der Waals surface area contributed by atoms with Crippen LogP contribution in [0.5, 0.6) is 5.75 Å². The van der Waals surface area contributed by atoms with E-state index in [1.165, 1.54) is 24.8 Å². The van der Waals surface area contributed by atoms with Crippen LogP contribution in [0.1, 0.15) is 115 Å². The molecule has 32 heavy (non-hydrogen) atoms. The summed E-state index contributed by atoms with van der Waals surface area (Å²) in [6.45, 7) is 5.18. The van der Waals surface area contributed by atoms with E-state index in [1.807, 2.05) is 0 Å². The van der Waals surface area contributed by atoms with E-state index in [9.17, 15) is 9.59 Å². The smallest absolute Gasteiger partial charge is 0.143 e. The van der Waals surface area contributed by atoms with Gasteiger partial charge in [0.1, 0.15) is 17.3 Å². The second kappa shape index (κ2) is 13.2. The van der Waals surface area contributed by atoms with Crippen molar-refractivity contribution in [3.05, 3.63) is 29.8 Å². The summed E-state index contributed by atoms with van der Waals surface area (Å²) in [6, 6.07) is 8.64. The lowest BCUT2D eigenvalue weighted by Gasteiger charge is -2.31. The van der Waals surface area contributed by atoms with Crippen molar-refractivity contribution in [2.45, 2.75) is 110 Å². The minimum absolute atomic E-state index is 0.234. The molecule has 1 aromatic rings. The molecule has 0 aromatic heterocycles. The van der Waals surface area contributed by atoms with Gasteiger partial charge in [-0.1, -0.05) is 58.1 Å². The summed E-state index contributed by atoms with van der Waals surface area (Å²) >= 11 is 0. The maximum atomic E-state index is 12.9. The van der Waals surface area contributed by atoms with E-state index >= 15 is 0 Å². The highest BCUT2D eigenvalue weighted by molar-refractivity contribution is 6.02.